The van der Waals surface area contributed by atoms with Crippen molar-refractivity contribution in [2.75, 3.05) is 36.9 Å². The molecule has 0 aliphatic carbocycles. The van der Waals surface area contributed by atoms with Gasteiger partial charge in [-0.15, -0.1) is 0 Å². The summed E-state index contributed by atoms with van der Waals surface area (Å²) < 4.78 is 5.51. The van der Waals surface area contributed by atoms with Crippen molar-refractivity contribution in [3.63, 3.8) is 0 Å². The van der Waals surface area contributed by atoms with Crippen LogP contribution < -0.4 is 10.6 Å². The molecule has 4 heteroatoms. The van der Waals surface area contributed by atoms with Gasteiger partial charge in [0, 0.05) is 19.7 Å². The Morgan fingerprint density at radius 3 is 3.12 bits per heavy atom. The summed E-state index contributed by atoms with van der Waals surface area (Å²) >= 11 is 0. The number of ether oxygens (including phenoxy) is 1. The Balaban J connectivity index is 1.94. The highest BCUT2D eigenvalue weighted by molar-refractivity contribution is 5.46. The summed E-state index contributed by atoms with van der Waals surface area (Å²) in [7, 11) is 0. The van der Waals surface area contributed by atoms with E-state index < -0.39 is 0 Å². The third-order valence-corrected chi connectivity index (χ3v) is 3.17. The van der Waals surface area contributed by atoms with Crippen LogP contribution in [0.2, 0.25) is 0 Å². The van der Waals surface area contributed by atoms with Crippen molar-refractivity contribution in [3.8, 4) is 0 Å². The number of pyridine rings is 1. The maximum atomic E-state index is 5.65. The topological polar surface area (TPSA) is 51.4 Å². The number of anilines is 2. The molecule has 0 bridgehead atoms. The molecule has 0 aromatic carbocycles. The van der Waals surface area contributed by atoms with Gasteiger partial charge in [-0.25, -0.2) is 4.98 Å². The summed E-state index contributed by atoms with van der Waals surface area (Å²) in [5, 5.41) is 0. The summed E-state index contributed by atoms with van der Waals surface area (Å²) in [6.07, 6.45) is 4.19. The molecule has 0 radical (unpaired) electrons. The highest BCUT2D eigenvalue weighted by Gasteiger charge is 2.20. The van der Waals surface area contributed by atoms with E-state index in [0.29, 0.717) is 5.92 Å². The van der Waals surface area contributed by atoms with E-state index >= 15 is 0 Å². The van der Waals surface area contributed by atoms with Gasteiger partial charge in [0.2, 0.25) is 0 Å². The van der Waals surface area contributed by atoms with Crippen LogP contribution in [0.15, 0.2) is 18.3 Å². The van der Waals surface area contributed by atoms with Crippen LogP contribution in [0.4, 0.5) is 11.5 Å². The average Bonchev–Trinajstić information content (AvgIpc) is 2.37. The van der Waals surface area contributed by atoms with Crippen LogP contribution in [0.3, 0.4) is 0 Å². The third kappa shape index (κ3) is 3.33. The molecule has 1 atom stereocenters. The number of piperidine rings is 1. The highest BCUT2D eigenvalue weighted by atomic mass is 16.5. The number of nitrogens with two attached hydrogens (primary N) is 1. The van der Waals surface area contributed by atoms with Crippen molar-refractivity contribution in [2.45, 2.75) is 19.8 Å². The van der Waals surface area contributed by atoms with E-state index in [2.05, 4.69) is 9.88 Å². The Bertz CT molecular complexity index is 339. The van der Waals surface area contributed by atoms with E-state index in [4.69, 9.17) is 10.5 Å². The summed E-state index contributed by atoms with van der Waals surface area (Å²) in [5.74, 6) is 1.66. The molecule has 0 saturated carbocycles. The summed E-state index contributed by atoms with van der Waals surface area (Å²) in [4.78, 5) is 6.70. The van der Waals surface area contributed by atoms with Gasteiger partial charge in [0.05, 0.1) is 18.5 Å². The predicted octanol–water partition coefficient (Wildman–Crippen LogP) is 1.92. The molecule has 0 unspecified atom stereocenters. The first-order chi connectivity index (χ1) is 8.29. The minimum atomic E-state index is 0.628. The minimum absolute atomic E-state index is 0.628. The Kier molecular flexibility index (Phi) is 4.20. The van der Waals surface area contributed by atoms with E-state index in [1.165, 1.54) is 12.8 Å². The molecule has 1 saturated heterocycles. The smallest absolute Gasteiger partial charge is 0.128 e. The van der Waals surface area contributed by atoms with Gasteiger partial charge >= 0.3 is 0 Å². The van der Waals surface area contributed by atoms with Gasteiger partial charge in [0.1, 0.15) is 5.82 Å². The largest absolute Gasteiger partial charge is 0.397 e. The number of nitrogens with zero attached hydrogens (tertiary/aromatic N) is 2. The number of aromatic nitrogens is 1. The van der Waals surface area contributed by atoms with Gasteiger partial charge < -0.3 is 15.4 Å². The van der Waals surface area contributed by atoms with Crippen molar-refractivity contribution < 1.29 is 4.74 Å². The fourth-order valence-corrected chi connectivity index (χ4v) is 2.28. The molecule has 1 aromatic heterocycles. The van der Waals surface area contributed by atoms with Gasteiger partial charge in [-0.1, -0.05) is 0 Å². The number of rotatable bonds is 4. The molecule has 94 valence electrons. The fourth-order valence-electron chi connectivity index (χ4n) is 2.28. The summed E-state index contributed by atoms with van der Waals surface area (Å²) in [6, 6.07) is 3.91. The normalized spacial score (nSPS) is 20.5. The first-order valence-corrected chi connectivity index (χ1v) is 6.34. The van der Waals surface area contributed by atoms with E-state index in [1.54, 1.807) is 6.20 Å². The second-order valence-corrected chi connectivity index (χ2v) is 4.56. The summed E-state index contributed by atoms with van der Waals surface area (Å²) in [6.45, 7) is 5.83. The number of hydrogen-bond acceptors (Lipinski definition) is 4. The Hall–Kier alpha value is -1.29. The predicted molar refractivity (Wildman–Crippen MR) is 70.1 cm³/mol. The first kappa shape index (κ1) is 12.2. The lowest BCUT2D eigenvalue weighted by atomic mass is 9.99. The lowest BCUT2D eigenvalue weighted by molar-refractivity contribution is 0.104. The molecule has 0 spiro atoms. The fraction of sp³-hybridized carbons (Fsp3) is 0.615. The Labute approximate surface area is 103 Å². The minimum Gasteiger partial charge on any atom is -0.397 e. The van der Waals surface area contributed by atoms with E-state index in [1.807, 2.05) is 19.1 Å². The molecule has 1 aliphatic heterocycles. The molecule has 2 heterocycles. The maximum absolute atomic E-state index is 5.65. The van der Waals surface area contributed by atoms with Crippen LogP contribution >= 0.6 is 0 Å². The molecule has 1 aromatic rings. The quantitative estimate of drug-likeness (QED) is 0.866. The zero-order chi connectivity index (χ0) is 12.1. The molecule has 17 heavy (non-hydrogen) atoms. The van der Waals surface area contributed by atoms with Crippen LogP contribution in [0, 0.1) is 5.92 Å². The Morgan fingerprint density at radius 1 is 1.53 bits per heavy atom. The highest BCUT2D eigenvalue weighted by Crippen LogP contribution is 2.22. The van der Waals surface area contributed by atoms with Crippen LogP contribution in [-0.2, 0) is 4.74 Å². The van der Waals surface area contributed by atoms with Crippen LogP contribution in [0.25, 0.3) is 0 Å². The molecule has 0 amide bonds. The standard InChI is InChI=1S/C13H21N3O/c1-2-17-10-11-4-3-7-16(9-11)13-6-5-12(14)8-15-13/h5-6,8,11H,2-4,7,9-10,14H2,1H3/t11-/m0/s1. The number of nitrogen functional groups attached to an aromatic ring is 1. The zero-order valence-electron chi connectivity index (χ0n) is 10.4. The maximum Gasteiger partial charge on any atom is 0.128 e. The molecule has 1 aliphatic rings. The molecule has 2 rings (SSSR count). The molecular formula is C13H21N3O. The van der Waals surface area contributed by atoms with Gasteiger partial charge in [0.15, 0.2) is 0 Å². The van der Waals surface area contributed by atoms with E-state index in [9.17, 15) is 0 Å². The average molecular weight is 235 g/mol. The van der Waals surface area contributed by atoms with E-state index in [-0.39, 0.29) is 0 Å². The molecule has 2 N–H and O–H groups in total. The van der Waals surface area contributed by atoms with Crippen LogP contribution in [0.1, 0.15) is 19.8 Å². The number of hydrogen-bond donors (Lipinski definition) is 1. The lowest BCUT2D eigenvalue weighted by Crippen LogP contribution is -2.37. The van der Waals surface area contributed by atoms with Crippen LogP contribution in [0.5, 0.6) is 0 Å². The van der Waals surface area contributed by atoms with Gasteiger partial charge in [-0.2, -0.15) is 0 Å². The van der Waals surface area contributed by atoms with Crippen molar-refractivity contribution >= 4 is 11.5 Å². The van der Waals surface area contributed by atoms with Crippen molar-refractivity contribution in [1.82, 2.24) is 4.98 Å². The van der Waals surface area contributed by atoms with Gasteiger partial charge in [-0.05, 0) is 37.8 Å². The lowest BCUT2D eigenvalue weighted by Gasteiger charge is -2.33. The second-order valence-electron chi connectivity index (χ2n) is 4.56. The van der Waals surface area contributed by atoms with Crippen molar-refractivity contribution in [2.24, 2.45) is 5.92 Å². The van der Waals surface area contributed by atoms with Gasteiger partial charge in [0.25, 0.3) is 0 Å². The molecule has 4 nitrogen and oxygen atoms in total. The van der Waals surface area contributed by atoms with E-state index in [0.717, 1.165) is 37.8 Å². The van der Waals surface area contributed by atoms with Crippen LogP contribution in [-0.4, -0.2) is 31.3 Å². The summed E-state index contributed by atoms with van der Waals surface area (Å²) in [5.41, 5.74) is 6.37. The zero-order valence-corrected chi connectivity index (χ0v) is 10.4. The third-order valence-electron chi connectivity index (χ3n) is 3.17. The monoisotopic (exact) mass is 235 g/mol. The van der Waals surface area contributed by atoms with Crippen molar-refractivity contribution in [3.05, 3.63) is 18.3 Å². The molecule has 1 fully saturated rings. The first-order valence-electron chi connectivity index (χ1n) is 6.34. The van der Waals surface area contributed by atoms with Crippen molar-refractivity contribution in [1.29, 1.82) is 0 Å². The SMILES string of the molecule is CCOC[C@H]1CCCN(c2ccc(N)cn2)C1. The second kappa shape index (κ2) is 5.87. The Morgan fingerprint density at radius 2 is 2.41 bits per heavy atom. The molecular weight excluding hydrogens is 214 g/mol. The van der Waals surface area contributed by atoms with Gasteiger partial charge in [-0.3, -0.25) is 0 Å².